The van der Waals surface area contributed by atoms with Crippen LogP contribution in [0, 0.1) is 0 Å². The molecule has 0 radical (unpaired) electrons. The lowest BCUT2D eigenvalue weighted by atomic mass is 9.91. The smallest absolute Gasteiger partial charge is 0.320 e. The molecule has 0 bridgehead atoms. The molecule has 25 heteroatoms. The first-order valence-corrected chi connectivity index (χ1v) is 40.9. The number of ether oxygens (including phenoxy) is 4. The number of rotatable bonds is 28. The van der Waals surface area contributed by atoms with E-state index in [0.29, 0.717) is 120 Å². The van der Waals surface area contributed by atoms with Gasteiger partial charge in [0.2, 0.25) is 5.91 Å². The molecule has 0 aromatic heterocycles. The molecular weight excluding hydrogens is 1640 g/mol. The average molecular weight is 1740 g/mol. The number of esters is 3. The van der Waals surface area contributed by atoms with Crippen LogP contribution < -0.4 is 16.0 Å². The van der Waals surface area contributed by atoms with Gasteiger partial charge in [0.25, 0.3) is 0 Å². The highest BCUT2D eigenvalue weighted by Crippen LogP contribution is 2.39. The molecule has 13 rings (SSSR count). The second-order valence-corrected chi connectivity index (χ2v) is 30.3. The van der Waals surface area contributed by atoms with Crippen LogP contribution in [0.3, 0.4) is 0 Å². The van der Waals surface area contributed by atoms with Gasteiger partial charge in [-0.05, 0) is 162 Å². The number of carbonyl (C=O) groups is 4. The van der Waals surface area contributed by atoms with Gasteiger partial charge in [-0.15, -0.1) is 0 Å². The highest BCUT2D eigenvalue weighted by Gasteiger charge is 2.36. The molecule has 11 aromatic rings. The van der Waals surface area contributed by atoms with Crippen molar-refractivity contribution < 1.29 is 58.6 Å². The number of carbonyl (C=O) groups excluding carboxylic acids is 4. The molecule has 2 aliphatic heterocycles. The van der Waals surface area contributed by atoms with Crippen molar-refractivity contribution in [2.24, 2.45) is 0 Å². The lowest BCUT2D eigenvalue weighted by molar-refractivity contribution is -0.145. The summed E-state index contributed by atoms with van der Waals surface area (Å²) in [5, 5.41) is 45.7. The van der Waals surface area contributed by atoms with E-state index in [1.165, 1.54) is 23.8 Å². The van der Waals surface area contributed by atoms with Crippen molar-refractivity contribution in [1.29, 1.82) is 0 Å². The van der Waals surface area contributed by atoms with Crippen LogP contribution in [0.4, 0.5) is 11.4 Å². The summed E-state index contributed by atoms with van der Waals surface area (Å²) in [6.45, 7) is 12.4. The number of phenolic OH excluding ortho intramolecular Hbond substituents is 3. The van der Waals surface area contributed by atoms with Gasteiger partial charge >= 0.3 is 17.9 Å². The number of benzene rings is 11. The number of epoxide rings is 1. The van der Waals surface area contributed by atoms with Gasteiger partial charge in [0.1, 0.15) is 23.4 Å². The molecule has 620 valence electrons. The predicted octanol–water partition coefficient (Wildman–Crippen LogP) is 20.2. The maximum atomic E-state index is 13.2. The van der Waals surface area contributed by atoms with Crippen molar-refractivity contribution in [1.82, 2.24) is 20.0 Å². The van der Waals surface area contributed by atoms with E-state index in [2.05, 4.69) is 27.2 Å². The summed E-state index contributed by atoms with van der Waals surface area (Å²) < 4.78 is 20.1. The molecular formula is C93H97Cl7N6O12. The SMILES string of the molecule is CCOC(=O)CN(Cc1ccccc1)CC(Cc1ccc(O)cc1Cl)c1ccc(Cl)cc1.CCOC(=O)CN(Cc1ccccc1)CC(O)c1ccc(Cl)cc1.CCOC(=O)CNCc1ccccc1.Clc1ccc([C@@H]2CO2)cc1.Nc1ccc(O)cc1Cl.O=C1CN(Cc2ccccc2)CC(c2ccc(Cl)cc2)N1c1ccc(O)cc1Cl. The van der Waals surface area contributed by atoms with E-state index in [9.17, 15) is 34.5 Å². The Balaban J connectivity index is 0.000000186. The lowest BCUT2D eigenvalue weighted by Crippen LogP contribution is -2.52. The number of aliphatic hydroxyl groups is 1. The van der Waals surface area contributed by atoms with Crippen LogP contribution >= 0.6 is 81.2 Å². The summed E-state index contributed by atoms with van der Waals surface area (Å²) in [5.41, 5.74) is 15.9. The summed E-state index contributed by atoms with van der Waals surface area (Å²) >= 11 is 42.1. The molecule has 2 aliphatic rings. The zero-order valence-corrected chi connectivity index (χ0v) is 71.0. The number of nitrogen functional groups attached to an aromatic ring is 1. The van der Waals surface area contributed by atoms with E-state index in [1.54, 1.807) is 73.3 Å². The third kappa shape index (κ3) is 33.6. The van der Waals surface area contributed by atoms with Crippen LogP contribution in [-0.2, 0) is 70.7 Å². The topological polar surface area (TPSA) is 240 Å². The number of aliphatic hydroxyl groups excluding tert-OH is 1. The van der Waals surface area contributed by atoms with Gasteiger partial charge < -0.3 is 55.3 Å². The Hall–Kier alpha value is -9.71. The Kier molecular flexibility index (Phi) is 39.9. The Morgan fingerprint density at radius 1 is 0.500 bits per heavy atom. The molecule has 4 atom stereocenters. The van der Waals surface area contributed by atoms with Crippen LogP contribution in [-0.4, -0.2) is 131 Å². The number of nitrogens with zero attached hydrogens (tertiary/aromatic N) is 4. The minimum absolute atomic E-state index is 0.0419. The number of nitrogens with one attached hydrogen (secondary N) is 1. The normalized spacial score (nSPS) is 13.8. The minimum Gasteiger partial charge on any atom is -0.508 e. The van der Waals surface area contributed by atoms with Crippen molar-refractivity contribution in [3.63, 3.8) is 0 Å². The Labute approximate surface area is 725 Å². The van der Waals surface area contributed by atoms with Crippen LogP contribution in [0.2, 0.25) is 35.2 Å². The van der Waals surface area contributed by atoms with Crippen LogP contribution in [0.1, 0.15) is 95.0 Å². The van der Waals surface area contributed by atoms with E-state index in [1.807, 2.05) is 200 Å². The number of hydrogen-bond acceptors (Lipinski definition) is 17. The van der Waals surface area contributed by atoms with Crippen molar-refractivity contribution in [2.45, 2.75) is 77.5 Å². The quantitative estimate of drug-likeness (QED) is 0.00878. The molecule has 2 saturated heterocycles. The molecule has 118 heavy (non-hydrogen) atoms. The van der Waals surface area contributed by atoms with Gasteiger partial charge in [0.05, 0.1) is 86.2 Å². The van der Waals surface area contributed by atoms with Gasteiger partial charge in [-0.25, -0.2) is 0 Å². The van der Waals surface area contributed by atoms with Gasteiger partial charge in [0.15, 0.2) is 0 Å². The molecule has 2 fully saturated rings. The predicted molar refractivity (Wildman–Crippen MR) is 473 cm³/mol. The first-order chi connectivity index (χ1) is 56.9. The second kappa shape index (κ2) is 50.3. The maximum absolute atomic E-state index is 13.2. The number of amides is 1. The van der Waals surface area contributed by atoms with Crippen molar-refractivity contribution >= 4 is 116 Å². The molecule has 11 aromatic carbocycles. The first kappa shape index (κ1) is 93.8. The van der Waals surface area contributed by atoms with Crippen molar-refractivity contribution in [3.8, 4) is 17.2 Å². The summed E-state index contributed by atoms with van der Waals surface area (Å²) in [4.78, 5) is 56.2. The molecule has 7 N–H and O–H groups in total. The molecule has 0 spiro atoms. The number of anilines is 2. The van der Waals surface area contributed by atoms with Gasteiger partial charge in [-0.1, -0.05) is 257 Å². The van der Waals surface area contributed by atoms with E-state index in [-0.39, 0.29) is 79.2 Å². The first-order valence-electron chi connectivity index (χ1n) is 38.3. The Morgan fingerprint density at radius 2 is 0.924 bits per heavy atom. The van der Waals surface area contributed by atoms with Crippen molar-refractivity contribution in [3.05, 3.63) is 358 Å². The van der Waals surface area contributed by atoms with Gasteiger partial charge in [0, 0.05) is 89.0 Å². The number of halogens is 7. The molecule has 18 nitrogen and oxygen atoms in total. The van der Waals surface area contributed by atoms with E-state index in [0.717, 1.165) is 56.1 Å². The fourth-order valence-electron chi connectivity index (χ4n) is 12.4. The molecule has 0 aliphatic carbocycles. The van der Waals surface area contributed by atoms with E-state index < -0.39 is 6.10 Å². The zero-order valence-electron chi connectivity index (χ0n) is 65.7. The fourth-order valence-corrected chi connectivity index (χ4v) is 13.6. The number of piperazine rings is 1. The van der Waals surface area contributed by atoms with Crippen LogP contribution in [0.25, 0.3) is 0 Å². The minimum atomic E-state index is -0.708. The highest BCUT2D eigenvalue weighted by atomic mass is 35.5. The molecule has 2 heterocycles. The number of hydrogen-bond donors (Lipinski definition) is 6. The lowest BCUT2D eigenvalue weighted by Gasteiger charge is -2.41. The highest BCUT2D eigenvalue weighted by molar-refractivity contribution is 6.34. The number of aromatic hydroxyl groups is 3. The van der Waals surface area contributed by atoms with Crippen molar-refractivity contribution in [2.75, 3.05) is 82.9 Å². The third-order valence-corrected chi connectivity index (χ3v) is 20.2. The van der Waals surface area contributed by atoms with Crippen LogP contribution in [0.5, 0.6) is 17.2 Å². The molecule has 0 saturated carbocycles. The maximum Gasteiger partial charge on any atom is 0.320 e. The number of nitrogens with two attached hydrogens (primary N) is 1. The van der Waals surface area contributed by atoms with Crippen LogP contribution in [0.15, 0.2) is 273 Å². The molecule has 1 amide bonds. The summed E-state index contributed by atoms with van der Waals surface area (Å²) in [5.74, 6) is -0.408. The largest absolute Gasteiger partial charge is 0.508 e. The summed E-state index contributed by atoms with van der Waals surface area (Å²) in [6.07, 6.45) is 0.284. The molecule has 3 unspecified atom stereocenters. The summed E-state index contributed by atoms with van der Waals surface area (Å²) in [7, 11) is 0. The van der Waals surface area contributed by atoms with E-state index in [4.69, 9.17) is 111 Å². The fraction of sp³-hybridized carbons (Fsp3) is 0.247. The third-order valence-electron chi connectivity index (χ3n) is 18.2. The zero-order chi connectivity index (χ0) is 84.7. The van der Waals surface area contributed by atoms with Gasteiger partial charge in [-0.2, -0.15) is 0 Å². The number of phenols is 3. The summed E-state index contributed by atoms with van der Waals surface area (Å²) in [6, 6.07) is 84.0. The van der Waals surface area contributed by atoms with E-state index >= 15 is 0 Å². The monoisotopic (exact) mass is 1730 g/mol. The standard InChI is InChI=1S/C26H27Cl2NO3.C23H20Cl2N2O2.C19H22ClNO3.C11H15NO2.C8H7ClO.C6H6ClNO/c1-2-32-26(31)18-29(16-19-6-4-3-5-7-19)17-22(20-8-11-23(27)12-9-20)14-21-10-13-24(30)15-25(21)28;24-18-8-6-17(7-9-18)22-14-26(13-16-4-2-1-3-5-16)15-23(29)27(22)21-11-10-19(28)12-20(21)25;1-2-24-19(23)14-21(12-15-6-4-3-5-7-15)13-18(22)16-8-10-17(20)11-9-16;1-2-14-11(13)9-12-8-10-6-4-3-5-7-10;9-7-3-1-6(2-4-7)8-5-10-8;7-5-3-4(9)1-2-6(5)8/h3-13,15,22,30H,2,14,16-18H2,1H3;1-12,22,28H,13-15H2;3-11,18,22H,2,12-14H2,1H3;3-7,12H,2,8-9H2,1H3;1-4,8H,5H2;1-3,9H,8H2/t;;;;8-;/m....0./s1. The van der Waals surface area contributed by atoms with Gasteiger partial charge in [-0.3, -0.25) is 33.9 Å². The second-order valence-electron chi connectivity index (χ2n) is 27.3. The average Bonchev–Trinajstić information content (AvgIpc) is 1.03. The Morgan fingerprint density at radius 3 is 1.39 bits per heavy atom. The Bertz CT molecular complexity index is 4840.